The number of nitrogens with zero attached hydrogens (tertiary/aromatic N) is 1. The summed E-state index contributed by atoms with van der Waals surface area (Å²) in [5, 5.41) is 12.9. The number of rotatable bonds is 7. The van der Waals surface area contributed by atoms with Crippen molar-refractivity contribution in [2.24, 2.45) is 11.8 Å². The Hall–Kier alpha value is -0.120. The van der Waals surface area contributed by atoms with Crippen LogP contribution in [0.3, 0.4) is 0 Å². The van der Waals surface area contributed by atoms with Crippen LogP contribution < -0.4 is 5.32 Å². The van der Waals surface area contributed by atoms with Crippen molar-refractivity contribution >= 4 is 0 Å². The Kier molecular flexibility index (Phi) is 4.78. The first-order valence-electron chi connectivity index (χ1n) is 8.43. The molecule has 0 aromatic carbocycles. The van der Waals surface area contributed by atoms with Crippen molar-refractivity contribution in [2.45, 2.75) is 63.5 Å². The van der Waals surface area contributed by atoms with Gasteiger partial charge in [0.05, 0.1) is 0 Å². The molecular formula is C16H30N2O. The summed E-state index contributed by atoms with van der Waals surface area (Å²) < 4.78 is 0. The second kappa shape index (κ2) is 6.55. The Bertz CT molecular complexity index is 276. The molecule has 1 saturated heterocycles. The lowest BCUT2D eigenvalue weighted by Crippen LogP contribution is -2.51. The summed E-state index contributed by atoms with van der Waals surface area (Å²) in [5.41, 5.74) is 0. The van der Waals surface area contributed by atoms with Gasteiger partial charge < -0.3 is 10.4 Å². The van der Waals surface area contributed by atoms with E-state index >= 15 is 0 Å². The Balaban J connectivity index is 1.46. The molecule has 3 rings (SSSR count). The molecule has 3 heteroatoms. The molecule has 3 fully saturated rings. The summed E-state index contributed by atoms with van der Waals surface area (Å²) >= 11 is 0. The molecule has 19 heavy (non-hydrogen) atoms. The van der Waals surface area contributed by atoms with Crippen LogP contribution in [0.5, 0.6) is 0 Å². The van der Waals surface area contributed by atoms with Crippen molar-refractivity contribution in [1.82, 2.24) is 10.2 Å². The van der Waals surface area contributed by atoms with E-state index in [4.69, 9.17) is 5.11 Å². The van der Waals surface area contributed by atoms with Gasteiger partial charge in [-0.1, -0.05) is 6.42 Å². The van der Waals surface area contributed by atoms with Crippen LogP contribution in [-0.4, -0.2) is 48.3 Å². The number of hydrogen-bond acceptors (Lipinski definition) is 3. The summed E-state index contributed by atoms with van der Waals surface area (Å²) in [4.78, 5) is 2.73. The van der Waals surface area contributed by atoms with Gasteiger partial charge in [0, 0.05) is 31.8 Å². The zero-order chi connectivity index (χ0) is 13.1. The lowest BCUT2D eigenvalue weighted by atomic mass is 9.84. The molecule has 2 saturated carbocycles. The number of piperidine rings is 1. The minimum absolute atomic E-state index is 0.361. The molecule has 2 atom stereocenters. The van der Waals surface area contributed by atoms with Crippen LogP contribution in [0.4, 0.5) is 0 Å². The molecule has 0 spiro atoms. The molecule has 3 aliphatic rings. The zero-order valence-corrected chi connectivity index (χ0v) is 12.2. The molecule has 2 N–H and O–H groups in total. The molecule has 0 bridgehead atoms. The summed E-state index contributed by atoms with van der Waals surface area (Å²) in [6, 6.07) is 1.60. The predicted molar refractivity (Wildman–Crippen MR) is 78.2 cm³/mol. The van der Waals surface area contributed by atoms with Gasteiger partial charge in [0.25, 0.3) is 0 Å². The van der Waals surface area contributed by atoms with E-state index < -0.39 is 0 Å². The predicted octanol–water partition coefficient (Wildman–Crippen LogP) is 2.00. The van der Waals surface area contributed by atoms with Crippen LogP contribution >= 0.6 is 0 Å². The Labute approximate surface area is 117 Å². The van der Waals surface area contributed by atoms with Crippen molar-refractivity contribution in [3.8, 4) is 0 Å². The third-order valence-corrected chi connectivity index (χ3v) is 5.32. The van der Waals surface area contributed by atoms with Crippen LogP contribution in [-0.2, 0) is 0 Å². The van der Waals surface area contributed by atoms with Gasteiger partial charge in [-0.05, 0) is 63.3 Å². The van der Waals surface area contributed by atoms with E-state index in [-0.39, 0.29) is 0 Å². The number of aliphatic hydroxyl groups excluding tert-OH is 1. The van der Waals surface area contributed by atoms with E-state index in [1.54, 1.807) is 0 Å². The molecule has 2 aliphatic carbocycles. The van der Waals surface area contributed by atoms with Gasteiger partial charge >= 0.3 is 0 Å². The molecule has 3 nitrogen and oxygen atoms in total. The van der Waals surface area contributed by atoms with E-state index in [0.29, 0.717) is 12.6 Å². The van der Waals surface area contributed by atoms with Gasteiger partial charge in [-0.3, -0.25) is 4.90 Å². The maximum absolute atomic E-state index is 9.04. The molecule has 1 aliphatic heterocycles. The van der Waals surface area contributed by atoms with Crippen molar-refractivity contribution < 1.29 is 5.11 Å². The third-order valence-electron chi connectivity index (χ3n) is 5.32. The first kappa shape index (κ1) is 13.8. The minimum Gasteiger partial charge on any atom is -0.396 e. The molecule has 0 amide bonds. The average Bonchev–Trinajstić information content (AvgIpc) is 3.18. The topological polar surface area (TPSA) is 35.5 Å². The third kappa shape index (κ3) is 3.93. The quantitative estimate of drug-likeness (QED) is 0.740. The first-order chi connectivity index (χ1) is 9.35. The Morgan fingerprint density at radius 2 is 1.89 bits per heavy atom. The molecule has 0 radical (unpaired) electrons. The molecule has 0 aromatic heterocycles. The van der Waals surface area contributed by atoms with E-state index in [9.17, 15) is 0 Å². The fourth-order valence-corrected chi connectivity index (χ4v) is 3.75. The highest BCUT2D eigenvalue weighted by atomic mass is 16.2. The monoisotopic (exact) mass is 266 g/mol. The van der Waals surface area contributed by atoms with Gasteiger partial charge in [-0.25, -0.2) is 0 Å². The van der Waals surface area contributed by atoms with E-state index in [2.05, 4.69) is 10.2 Å². The summed E-state index contributed by atoms with van der Waals surface area (Å²) in [6.45, 7) is 4.16. The van der Waals surface area contributed by atoms with Crippen LogP contribution in [0, 0.1) is 11.8 Å². The Morgan fingerprint density at radius 1 is 1.05 bits per heavy atom. The Morgan fingerprint density at radius 3 is 2.53 bits per heavy atom. The van der Waals surface area contributed by atoms with Crippen molar-refractivity contribution in [3.05, 3.63) is 0 Å². The zero-order valence-electron chi connectivity index (χ0n) is 12.2. The maximum Gasteiger partial charge on any atom is 0.0431 e. The molecule has 110 valence electrons. The highest BCUT2D eigenvalue weighted by molar-refractivity contribution is 4.92. The summed E-state index contributed by atoms with van der Waals surface area (Å²) in [7, 11) is 0. The summed E-state index contributed by atoms with van der Waals surface area (Å²) in [5.74, 6) is 1.77. The van der Waals surface area contributed by atoms with Crippen LogP contribution in [0.2, 0.25) is 0 Å². The first-order valence-corrected chi connectivity index (χ1v) is 8.43. The molecule has 2 unspecified atom stereocenters. The highest BCUT2D eigenvalue weighted by Gasteiger charge is 2.36. The fraction of sp³-hybridized carbons (Fsp3) is 1.00. The standard InChI is InChI=1S/C16H30N2O/c19-8-2-5-14-9-15(17-10-13-3-1-4-13)12-18(11-14)16-6-7-16/h13-17,19H,1-12H2. The molecular weight excluding hydrogens is 236 g/mol. The fourth-order valence-electron chi connectivity index (χ4n) is 3.75. The lowest BCUT2D eigenvalue weighted by molar-refractivity contribution is 0.118. The van der Waals surface area contributed by atoms with E-state index in [1.165, 1.54) is 64.6 Å². The number of likely N-dealkylation sites (tertiary alicyclic amines) is 1. The average molecular weight is 266 g/mol. The van der Waals surface area contributed by atoms with Crippen LogP contribution in [0.1, 0.15) is 51.4 Å². The SMILES string of the molecule is OCCCC1CC(NCC2CCC2)CN(C2CC2)C1. The van der Waals surface area contributed by atoms with Gasteiger partial charge in [0.1, 0.15) is 0 Å². The van der Waals surface area contributed by atoms with Gasteiger partial charge in [-0.2, -0.15) is 0 Å². The highest BCUT2D eigenvalue weighted by Crippen LogP contribution is 2.33. The molecule has 1 heterocycles. The van der Waals surface area contributed by atoms with E-state index in [1.807, 2.05) is 0 Å². The van der Waals surface area contributed by atoms with Gasteiger partial charge in [-0.15, -0.1) is 0 Å². The van der Waals surface area contributed by atoms with E-state index in [0.717, 1.165) is 24.3 Å². The largest absolute Gasteiger partial charge is 0.396 e. The number of hydrogen-bond donors (Lipinski definition) is 2. The summed E-state index contributed by atoms with van der Waals surface area (Å²) in [6.07, 6.45) is 10.7. The molecule has 0 aromatic rings. The lowest BCUT2D eigenvalue weighted by Gasteiger charge is -2.39. The van der Waals surface area contributed by atoms with Gasteiger partial charge in [0.15, 0.2) is 0 Å². The smallest absolute Gasteiger partial charge is 0.0431 e. The van der Waals surface area contributed by atoms with Crippen molar-refractivity contribution in [1.29, 1.82) is 0 Å². The second-order valence-corrected chi connectivity index (χ2v) is 7.05. The second-order valence-electron chi connectivity index (χ2n) is 7.05. The van der Waals surface area contributed by atoms with Crippen LogP contribution in [0.25, 0.3) is 0 Å². The maximum atomic E-state index is 9.04. The minimum atomic E-state index is 0.361. The number of aliphatic hydroxyl groups is 1. The van der Waals surface area contributed by atoms with Crippen LogP contribution in [0.15, 0.2) is 0 Å². The number of nitrogens with one attached hydrogen (secondary N) is 1. The van der Waals surface area contributed by atoms with Crippen molar-refractivity contribution in [2.75, 3.05) is 26.2 Å². The van der Waals surface area contributed by atoms with Crippen molar-refractivity contribution in [3.63, 3.8) is 0 Å². The van der Waals surface area contributed by atoms with Gasteiger partial charge in [0.2, 0.25) is 0 Å². The normalized spacial score (nSPS) is 33.3.